The van der Waals surface area contributed by atoms with E-state index in [0.717, 1.165) is 36.8 Å². The molecule has 1 atom stereocenters. The Bertz CT molecular complexity index is 1060. The molecule has 1 amide bonds. The first-order valence-electron chi connectivity index (χ1n) is 11.1. The maximum Gasteiger partial charge on any atom is 0.412 e. The van der Waals surface area contributed by atoms with Crippen LogP contribution in [0.2, 0.25) is 0 Å². The smallest absolute Gasteiger partial charge is 0.412 e. The molecule has 0 bridgehead atoms. The van der Waals surface area contributed by atoms with Gasteiger partial charge in [-0.1, -0.05) is 51.0 Å². The number of carboxylic acids is 1. The highest BCUT2D eigenvalue weighted by molar-refractivity contribution is 7.89. The third kappa shape index (κ3) is 6.79. The number of hydrogen-bond acceptors (Lipinski definition) is 5. The van der Waals surface area contributed by atoms with E-state index in [1.165, 1.54) is 12.1 Å². The molecule has 1 unspecified atom stereocenters. The van der Waals surface area contributed by atoms with Crippen LogP contribution in [0, 0.1) is 5.92 Å². The summed E-state index contributed by atoms with van der Waals surface area (Å²) in [5, 5.41) is 12.1. The number of rotatable bonds is 8. The molecule has 0 aromatic heterocycles. The van der Waals surface area contributed by atoms with Crippen LogP contribution in [0.3, 0.4) is 0 Å². The summed E-state index contributed by atoms with van der Waals surface area (Å²) in [6.45, 7) is 3.28. The van der Waals surface area contributed by atoms with Crippen molar-refractivity contribution in [3.63, 3.8) is 0 Å². The molecule has 33 heavy (non-hydrogen) atoms. The van der Waals surface area contributed by atoms with Crippen molar-refractivity contribution in [3.05, 3.63) is 59.9 Å². The third-order valence-corrected chi connectivity index (χ3v) is 7.16. The Labute approximate surface area is 194 Å². The van der Waals surface area contributed by atoms with Gasteiger partial charge in [0.05, 0.1) is 4.90 Å². The molecule has 0 spiro atoms. The first kappa shape index (κ1) is 24.7. The number of hydrogen-bond donors (Lipinski definition) is 3. The predicted molar refractivity (Wildman–Crippen MR) is 125 cm³/mol. The maximum atomic E-state index is 12.6. The van der Waals surface area contributed by atoms with Crippen LogP contribution >= 0.6 is 0 Å². The Morgan fingerprint density at radius 3 is 2.36 bits per heavy atom. The summed E-state index contributed by atoms with van der Waals surface area (Å²) in [6.07, 6.45) is 11.5. The van der Waals surface area contributed by atoms with Crippen molar-refractivity contribution < 1.29 is 27.9 Å². The molecule has 8 nitrogen and oxygen atoms in total. The fourth-order valence-corrected chi connectivity index (χ4v) is 5.16. The molecule has 0 aliphatic heterocycles. The summed E-state index contributed by atoms with van der Waals surface area (Å²) in [4.78, 5) is 23.4. The van der Waals surface area contributed by atoms with Gasteiger partial charge in [0.25, 0.3) is 0 Å². The molecule has 2 aliphatic carbocycles. The zero-order valence-electron chi connectivity index (χ0n) is 18.8. The highest BCUT2D eigenvalue weighted by atomic mass is 32.2. The highest BCUT2D eigenvalue weighted by Crippen LogP contribution is 2.24. The summed E-state index contributed by atoms with van der Waals surface area (Å²) >= 11 is 0. The van der Waals surface area contributed by atoms with Crippen LogP contribution in [0.5, 0.6) is 0 Å². The average molecular weight is 475 g/mol. The van der Waals surface area contributed by atoms with E-state index >= 15 is 0 Å². The van der Waals surface area contributed by atoms with Gasteiger partial charge in [-0.15, -0.1) is 0 Å². The van der Waals surface area contributed by atoms with E-state index in [9.17, 15) is 23.1 Å². The van der Waals surface area contributed by atoms with Crippen LogP contribution < -0.4 is 10.0 Å². The van der Waals surface area contributed by atoms with Crippen LogP contribution in [0.25, 0.3) is 5.57 Å². The van der Waals surface area contributed by atoms with Crippen LogP contribution in [0.1, 0.15) is 51.5 Å². The summed E-state index contributed by atoms with van der Waals surface area (Å²) in [6, 6.07) is 5.20. The lowest BCUT2D eigenvalue weighted by atomic mass is 10.0. The maximum absolute atomic E-state index is 12.6. The van der Waals surface area contributed by atoms with Crippen molar-refractivity contribution in [2.24, 2.45) is 5.92 Å². The van der Waals surface area contributed by atoms with Gasteiger partial charge in [0.15, 0.2) is 0 Å². The summed E-state index contributed by atoms with van der Waals surface area (Å²) in [7, 11) is -3.98. The van der Waals surface area contributed by atoms with Crippen LogP contribution in [-0.4, -0.2) is 37.7 Å². The molecule has 2 aliphatic rings. The Kier molecular flexibility index (Phi) is 8.10. The molecular weight excluding hydrogens is 444 g/mol. The molecule has 1 aromatic rings. The lowest BCUT2D eigenvalue weighted by Crippen LogP contribution is -2.44. The topological polar surface area (TPSA) is 122 Å². The number of carbonyl (C=O) groups excluding carboxylic acids is 1. The van der Waals surface area contributed by atoms with Gasteiger partial charge in [-0.3, -0.25) is 4.79 Å². The Morgan fingerprint density at radius 2 is 1.76 bits per heavy atom. The number of ether oxygens (including phenoxy) is 1. The minimum atomic E-state index is -3.98. The molecule has 9 heteroatoms. The van der Waals surface area contributed by atoms with Crippen molar-refractivity contribution in [3.8, 4) is 0 Å². The van der Waals surface area contributed by atoms with Crippen LogP contribution in [-0.2, 0) is 19.6 Å². The highest BCUT2D eigenvalue weighted by Gasteiger charge is 2.28. The molecule has 0 heterocycles. The molecule has 1 saturated carbocycles. The van der Waals surface area contributed by atoms with Gasteiger partial charge in [-0.25, -0.2) is 13.2 Å². The fraction of sp³-hybridized carbons (Fsp3) is 0.417. The van der Waals surface area contributed by atoms with Crippen molar-refractivity contribution in [2.45, 2.75) is 62.9 Å². The van der Waals surface area contributed by atoms with E-state index < -0.39 is 34.0 Å². The number of carbonyl (C=O) groups is 2. The van der Waals surface area contributed by atoms with Gasteiger partial charge < -0.3 is 15.2 Å². The van der Waals surface area contributed by atoms with Gasteiger partial charge in [0, 0.05) is 6.04 Å². The largest absolute Gasteiger partial charge is 0.480 e. The van der Waals surface area contributed by atoms with Crippen molar-refractivity contribution in [2.75, 3.05) is 0 Å². The van der Waals surface area contributed by atoms with Gasteiger partial charge in [0.2, 0.25) is 10.0 Å². The monoisotopic (exact) mass is 474 g/mol. The first-order chi connectivity index (χ1) is 15.7. The van der Waals surface area contributed by atoms with E-state index in [2.05, 4.69) is 10.0 Å². The zero-order chi connectivity index (χ0) is 24.0. The average Bonchev–Trinajstić information content (AvgIpc) is 3.15. The molecule has 0 radical (unpaired) electrons. The lowest BCUT2D eigenvalue weighted by Gasteiger charge is -2.18. The summed E-state index contributed by atoms with van der Waals surface area (Å²) < 4.78 is 32.8. The van der Waals surface area contributed by atoms with Crippen molar-refractivity contribution in [1.82, 2.24) is 10.0 Å². The quantitative estimate of drug-likeness (QED) is 0.524. The van der Waals surface area contributed by atoms with Gasteiger partial charge >= 0.3 is 12.1 Å². The molecule has 1 fully saturated rings. The molecule has 0 saturated heterocycles. The number of nitrogens with one attached hydrogen (secondary N) is 2. The minimum absolute atomic E-state index is 0.00828. The first-order valence-corrected chi connectivity index (χ1v) is 12.6. The second kappa shape index (κ2) is 10.8. The normalized spacial score (nSPS) is 17.8. The Balaban J connectivity index is 1.68. The van der Waals surface area contributed by atoms with E-state index in [0.29, 0.717) is 12.2 Å². The van der Waals surface area contributed by atoms with Crippen LogP contribution in [0.15, 0.2) is 59.2 Å². The number of sulfonamides is 1. The molecular formula is C24H30N2O6S. The number of carboxylic acid groups (broad SMARTS) is 1. The lowest BCUT2D eigenvalue weighted by molar-refractivity contribution is -0.140. The van der Waals surface area contributed by atoms with Crippen LogP contribution in [0.4, 0.5) is 4.79 Å². The summed E-state index contributed by atoms with van der Waals surface area (Å²) in [5.41, 5.74) is 1.73. The second-order valence-electron chi connectivity index (χ2n) is 8.59. The van der Waals surface area contributed by atoms with E-state index in [-0.39, 0.29) is 10.9 Å². The minimum Gasteiger partial charge on any atom is -0.480 e. The Hall–Kier alpha value is -2.91. The van der Waals surface area contributed by atoms with E-state index in [1.54, 1.807) is 38.1 Å². The van der Waals surface area contributed by atoms with Gasteiger partial charge in [-0.05, 0) is 60.6 Å². The zero-order valence-corrected chi connectivity index (χ0v) is 19.6. The predicted octanol–water partition coefficient (Wildman–Crippen LogP) is 3.97. The second-order valence-corrected chi connectivity index (χ2v) is 10.3. The molecule has 1 aromatic carbocycles. The third-order valence-electron chi connectivity index (χ3n) is 5.71. The number of amides is 1. The number of aliphatic carboxylic acids is 1. The van der Waals surface area contributed by atoms with Crippen molar-refractivity contribution >= 4 is 27.7 Å². The fourth-order valence-electron chi connectivity index (χ4n) is 3.82. The Morgan fingerprint density at radius 1 is 1.09 bits per heavy atom. The number of allylic oxidation sites excluding steroid dienone is 5. The number of alkyl carbamates (subject to hydrolysis) is 1. The van der Waals surface area contributed by atoms with Gasteiger partial charge in [0.1, 0.15) is 11.8 Å². The molecule has 178 valence electrons. The molecule has 3 N–H and O–H groups in total. The van der Waals surface area contributed by atoms with E-state index in [1.807, 2.05) is 12.2 Å². The van der Waals surface area contributed by atoms with Gasteiger partial charge in [-0.2, -0.15) is 4.72 Å². The SMILES string of the molecule is CC(C)C(NS(=O)(=O)c1ccc(C2=CC=C(OC(=O)NC3CCCC3)C=CC2)cc1)C(=O)O. The number of benzene rings is 1. The standard InChI is InChI=1S/C24H30N2O6S/c1-16(2)22(23(27)28)26-33(30,31)21-14-11-18(12-15-21)17-6-5-9-20(13-10-17)32-24(29)25-19-7-3-4-8-19/h5,9-16,19,22,26H,3-4,6-8H2,1-2H3,(H,25,29)(H,27,28). The van der Waals surface area contributed by atoms with Crippen molar-refractivity contribution in [1.29, 1.82) is 0 Å². The summed E-state index contributed by atoms with van der Waals surface area (Å²) in [5.74, 6) is -1.19. The molecule has 3 rings (SSSR count). The van der Waals surface area contributed by atoms with E-state index in [4.69, 9.17) is 4.74 Å².